The molecular weight excluding hydrogens is 591 g/mol. The Labute approximate surface area is 258 Å². The normalized spacial score (nSPS) is 12.8. The molecule has 0 bridgehead atoms. The van der Waals surface area contributed by atoms with Crippen LogP contribution in [0.1, 0.15) is 58.8 Å². The Balaban J connectivity index is 2.01. The molecule has 0 unspecified atom stereocenters. The number of aromatic nitrogens is 5. The first-order valence-corrected chi connectivity index (χ1v) is 15.1. The van der Waals surface area contributed by atoms with Gasteiger partial charge in [-0.3, -0.25) is 14.2 Å². The van der Waals surface area contributed by atoms with Crippen molar-refractivity contribution in [3.8, 4) is 10.8 Å². The highest BCUT2D eigenvalue weighted by molar-refractivity contribution is 7.21. The molecule has 0 aliphatic carbocycles. The van der Waals surface area contributed by atoms with Gasteiger partial charge >= 0.3 is 5.69 Å². The molecule has 3 aromatic heterocycles. The van der Waals surface area contributed by atoms with Crippen molar-refractivity contribution in [2.45, 2.75) is 78.8 Å². The van der Waals surface area contributed by atoms with E-state index in [1.165, 1.54) is 53.8 Å². The first-order chi connectivity index (χ1) is 20.8. The summed E-state index contributed by atoms with van der Waals surface area (Å²) in [5.74, 6) is -0.634. The summed E-state index contributed by atoms with van der Waals surface area (Å²) in [6, 6.07) is 3.88. The zero-order valence-corrected chi connectivity index (χ0v) is 27.0. The van der Waals surface area contributed by atoms with Crippen LogP contribution in [0.5, 0.6) is 5.75 Å². The van der Waals surface area contributed by atoms with Crippen molar-refractivity contribution in [1.29, 1.82) is 0 Å². The Kier molecular flexibility index (Phi) is 10.1. The molecule has 1 N–H and O–H groups in total. The number of halogens is 1. The predicted molar refractivity (Wildman–Crippen MR) is 165 cm³/mol. The molecular formula is C30H39FN6O6S. The van der Waals surface area contributed by atoms with E-state index in [9.17, 15) is 18.8 Å². The quantitative estimate of drug-likeness (QED) is 0.221. The molecule has 1 amide bonds. The highest BCUT2D eigenvalue weighted by Crippen LogP contribution is 2.35. The van der Waals surface area contributed by atoms with Gasteiger partial charge in [0.05, 0.1) is 37.0 Å². The van der Waals surface area contributed by atoms with E-state index in [2.05, 4.69) is 15.5 Å². The molecule has 0 aliphatic rings. The number of aryl methyl sites for hydroxylation is 1. The number of carbonyl (C=O) groups excluding carboxylic acids is 1. The molecule has 0 spiro atoms. The Morgan fingerprint density at radius 2 is 1.80 bits per heavy atom. The lowest BCUT2D eigenvalue weighted by Gasteiger charge is -2.29. The molecule has 4 rings (SSSR count). The number of ether oxygens (including phenoxy) is 3. The number of hydrogen-bond acceptors (Lipinski definition) is 9. The van der Waals surface area contributed by atoms with Gasteiger partial charge < -0.3 is 19.5 Å². The van der Waals surface area contributed by atoms with Crippen LogP contribution in [0, 0.1) is 12.7 Å². The van der Waals surface area contributed by atoms with Crippen molar-refractivity contribution >= 4 is 27.5 Å². The number of nitrogens with zero attached hydrogens (tertiary/aromatic N) is 5. The Morgan fingerprint density at radius 3 is 2.41 bits per heavy atom. The SMILES string of the molecule is COCCOc1ccc(F)cc1[C@H](Cn1c(=O)n(C(C)(C)C(=O)NC(C)C)c(=O)c2c(C)c(-n3nccn3)sc21)OC(C)C. The van der Waals surface area contributed by atoms with Gasteiger partial charge in [-0.2, -0.15) is 10.2 Å². The average Bonchev–Trinajstić information content (AvgIpc) is 3.59. The molecule has 0 aliphatic heterocycles. The number of amides is 1. The Bertz CT molecular complexity index is 1740. The first-order valence-electron chi connectivity index (χ1n) is 14.3. The third-order valence-electron chi connectivity index (χ3n) is 6.97. The fraction of sp³-hybridized carbons (Fsp3) is 0.500. The van der Waals surface area contributed by atoms with E-state index in [-0.39, 0.29) is 30.7 Å². The lowest BCUT2D eigenvalue weighted by Crippen LogP contribution is -2.56. The number of fused-ring (bicyclic) bond motifs is 1. The van der Waals surface area contributed by atoms with Crippen LogP contribution < -0.4 is 21.3 Å². The summed E-state index contributed by atoms with van der Waals surface area (Å²) in [7, 11) is 1.55. The van der Waals surface area contributed by atoms with E-state index in [1.807, 2.05) is 13.8 Å². The van der Waals surface area contributed by atoms with Crippen LogP contribution in [0.3, 0.4) is 0 Å². The van der Waals surface area contributed by atoms with Gasteiger partial charge in [0.25, 0.3) is 5.56 Å². The van der Waals surface area contributed by atoms with Crippen LogP contribution in [0.25, 0.3) is 15.2 Å². The van der Waals surface area contributed by atoms with Crippen LogP contribution in [0.15, 0.2) is 40.2 Å². The summed E-state index contributed by atoms with van der Waals surface area (Å²) in [5.41, 5.74) is -1.97. The van der Waals surface area contributed by atoms with Gasteiger partial charge in [0.2, 0.25) is 5.91 Å². The minimum atomic E-state index is -1.56. The van der Waals surface area contributed by atoms with Crippen molar-refractivity contribution < 1.29 is 23.4 Å². The molecule has 12 nitrogen and oxygen atoms in total. The Morgan fingerprint density at radius 1 is 1.11 bits per heavy atom. The first kappa shape index (κ1) is 33.0. The zero-order chi connectivity index (χ0) is 32.3. The number of benzene rings is 1. The number of carbonyl (C=O) groups is 1. The second kappa shape index (κ2) is 13.4. The summed E-state index contributed by atoms with van der Waals surface area (Å²) in [6.45, 7) is 12.4. The summed E-state index contributed by atoms with van der Waals surface area (Å²) in [5, 5.41) is 12.0. The molecule has 0 saturated heterocycles. The van der Waals surface area contributed by atoms with Crippen LogP contribution in [-0.4, -0.2) is 62.5 Å². The van der Waals surface area contributed by atoms with Crippen molar-refractivity contribution in [2.75, 3.05) is 20.3 Å². The highest BCUT2D eigenvalue weighted by Gasteiger charge is 2.36. The van der Waals surface area contributed by atoms with E-state index in [1.54, 1.807) is 27.9 Å². The van der Waals surface area contributed by atoms with Crippen LogP contribution in [0.4, 0.5) is 4.39 Å². The molecule has 3 heterocycles. The van der Waals surface area contributed by atoms with E-state index < -0.39 is 34.6 Å². The van der Waals surface area contributed by atoms with Crippen molar-refractivity contribution in [3.05, 3.63) is 68.4 Å². The summed E-state index contributed by atoms with van der Waals surface area (Å²) >= 11 is 1.16. The van der Waals surface area contributed by atoms with Gasteiger partial charge in [-0.15, -0.1) is 4.80 Å². The van der Waals surface area contributed by atoms with Gasteiger partial charge in [0.15, 0.2) is 0 Å². The standard InChI is InChI=1S/C30H39FN6O6S/c1-17(2)34-28(39)30(6,7)36-25(38)24-19(5)26(37-32-11-12-33-37)44-27(24)35(29(36)40)16-23(43-18(3)4)21-15-20(31)9-10-22(21)42-14-13-41-8/h9-12,15,17-18,23H,13-14,16H2,1-8H3,(H,34,39)/t23-/m0/s1. The van der Waals surface area contributed by atoms with Gasteiger partial charge in [-0.05, 0) is 66.7 Å². The molecule has 238 valence electrons. The summed E-state index contributed by atoms with van der Waals surface area (Å²) in [6.07, 6.45) is 1.82. The van der Waals surface area contributed by atoms with Gasteiger partial charge in [-0.1, -0.05) is 11.3 Å². The minimum absolute atomic E-state index is 0.119. The van der Waals surface area contributed by atoms with E-state index in [4.69, 9.17) is 14.2 Å². The van der Waals surface area contributed by atoms with E-state index in [0.717, 1.165) is 15.9 Å². The molecule has 1 atom stereocenters. The summed E-state index contributed by atoms with van der Waals surface area (Å²) in [4.78, 5) is 43.6. The van der Waals surface area contributed by atoms with Crippen molar-refractivity contribution in [3.63, 3.8) is 0 Å². The minimum Gasteiger partial charge on any atom is -0.491 e. The van der Waals surface area contributed by atoms with Crippen molar-refractivity contribution in [1.82, 2.24) is 29.4 Å². The second-order valence-corrected chi connectivity index (χ2v) is 12.4. The lowest BCUT2D eigenvalue weighted by molar-refractivity contribution is -0.129. The number of methoxy groups -OCH3 is 1. The molecule has 14 heteroatoms. The maximum absolute atomic E-state index is 14.7. The lowest BCUT2D eigenvalue weighted by atomic mass is 10.0. The van der Waals surface area contributed by atoms with Gasteiger partial charge in [0, 0.05) is 24.3 Å². The molecule has 0 fully saturated rings. The molecule has 0 radical (unpaired) electrons. The van der Waals surface area contributed by atoms with Crippen molar-refractivity contribution in [2.24, 2.45) is 0 Å². The predicted octanol–water partition coefficient (Wildman–Crippen LogP) is 3.70. The van der Waals surface area contributed by atoms with Crippen LogP contribution in [-0.2, 0) is 26.4 Å². The third kappa shape index (κ3) is 6.61. The topological polar surface area (TPSA) is 132 Å². The molecule has 44 heavy (non-hydrogen) atoms. The number of rotatable bonds is 13. The van der Waals surface area contributed by atoms with Crippen LogP contribution >= 0.6 is 11.3 Å². The molecule has 0 saturated carbocycles. The van der Waals surface area contributed by atoms with E-state index >= 15 is 0 Å². The maximum Gasteiger partial charge on any atom is 0.333 e. The Hall–Kier alpha value is -3.88. The largest absolute Gasteiger partial charge is 0.491 e. The van der Waals surface area contributed by atoms with E-state index in [0.29, 0.717) is 33.3 Å². The number of nitrogens with one attached hydrogen (secondary N) is 1. The number of thiophene rings is 1. The average molecular weight is 631 g/mol. The smallest absolute Gasteiger partial charge is 0.333 e. The zero-order valence-electron chi connectivity index (χ0n) is 26.2. The molecule has 4 aromatic rings. The van der Waals surface area contributed by atoms with Crippen LogP contribution in [0.2, 0.25) is 0 Å². The van der Waals surface area contributed by atoms with Gasteiger partial charge in [0.1, 0.15) is 39.6 Å². The third-order valence-corrected chi connectivity index (χ3v) is 8.25. The number of hydrogen-bond donors (Lipinski definition) is 1. The highest BCUT2D eigenvalue weighted by atomic mass is 32.1. The van der Waals surface area contributed by atoms with Gasteiger partial charge in [-0.25, -0.2) is 13.8 Å². The summed E-state index contributed by atoms with van der Waals surface area (Å²) < 4.78 is 34.3. The molecule has 1 aromatic carbocycles. The fourth-order valence-electron chi connectivity index (χ4n) is 4.89. The monoisotopic (exact) mass is 630 g/mol. The fourth-order valence-corrected chi connectivity index (χ4v) is 6.11. The second-order valence-electron chi connectivity index (χ2n) is 11.4. The maximum atomic E-state index is 14.7.